The Morgan fingerprint density at radius 2 is 1.90 bits per heavy atom. The van der Waals surface area contributed by atoms with Crippen LogP contribution in [-0.4, -0.2) is 131 Å². The summed E-state index contributed by atoms with van der Waals surface area (Å²) in [5, 5.41) is 59.6. The number of allylic oxidation sites excluding steroid dienone is 3. The number of aromatic nitrogens is 1. The molecule has 0 amide bonds. The number of methoxy groups -OCH3 is 1. The van der Waals surface area contributed by atoms with Gasteiger partial charge in [-0.2, -0.15) is 0 Å². The SMILES string of the molecule is CCCCC[C@H](O)[C@H]1C[C@H]2CN(CCCOC)CC[C@H]2[C@@](O)([C@@H]2Cc3c(c(CO)c4c5c3OC[C@@H](CO)CCc3cc6[nH]ccc6cc3[C@H]3CC(=C5C(C=O)=C(C(=O)OCC)O4)C[C@H](CO)C3=O)O2)C1. The number of aliphatic hydroxyl groups excluding tert-OH is 4. The minimum atomic E-state index is -1.42. The van der Waals surface area contributed by atoms with Gasteiger partial charge in [0.1, 0.15) is 34.7 Å². The van der Waals surface area contributed by atoms with Gasteiger partial charge in [0.15, 0.2) is 6.29 Å². The van der Waals surface area contributed by atoms with Crippen LogP contribution in [0.5, 0.6) is 17.2 Å². The molecule has 2 saturated carbocycles. The Hall–Kier alpha value is -4.61. The first kappa shape index (κ1) is 50.3. The van der Waals surface area contributed by atoms with Gasteiger partial charge >= 0.3 is 5.97 Å². The number of aliphatic hydroxyl groups is 5. The number of fused-ring (bicyclic) bond motifs is 8. The number of H-pyrrole nitrogens is 1. The number of carbonyl (C=O) groups is 3. The van der Waals surface area contributed by atoms with Crippen molar-refractivity contribution in [2.24, 2.45) is 29.6 Å². The normalized spacial score (nSPS) is 28.2. The number of Topliss-reactive ketones (excluding diaryl/α,β-unsaturated/α-hetero) is 1. The van der Waals surface area contributed by atoms with Gasteiger partial charge in [0.05, 0.1) is 49.2 Å². The molecule has 0 radical (unpaired) electrons. The van der Waals surface area contributed by atoms with E-state index in [1.807, 2.05) is 24.4 Å². The number of esters is 1. The Balaban J connectivity index is 1.22. The molecule has 2 bridgehead atoms. The third kappa shape index (κ3) is 9.36. The predicted octanol–water partition coefficient (Wildman–Crippen LogP) is 5.87. The number of aldehydes is 1. The number of ketones is 1. The van der Waals surface area contributed by atoms with Crippen molar-refractivity contribution in [3.8, 4) is 17.2 Å². The molecule has 5 heterocycles. The van der Waals surface area contributed by atoms with Crippen LogP contribution < -0.4 is 14.2 Å². The summed E-state index contributed by atoms with van der Waals surface area (Å²) in [6, 6.07) is 5.99. The zero-order valence-corrected chi connectivity index (χ0v) is 41.0. The van der Waals surface area contributed by atoms with Crippen LogP contribution in [0.4, 0.5) is 0 Å². The van der Waals surface area contributed by atoms with E-state index in [0.717, 1.165) is 73.8 Å². The summed E-state index contributed by atoms with van der Waals surface area (Å²) in [6.07, 6.45) is 8.50. The topological polar surface area (TPSA) is 218 Å². The maximum absolute atomic E-state index is 14.6. The van der Waals surface area contributed by atoms with Gasteiger partial charge < -0.3 is 59.1 Å². The Morgan fingerprint density at radius 3 is 2.64 bits per heavy atom. The fraction of sp³-hybridized carbons (Fsp3) is 0.618. The first-order valence-electron chi connectivity index (χ1n) is 25.9. The first-order valence-corrected chi connectivity index (χ1v) is 25.9. The van der Waals surface area contributed by atoms with Gasteiger partial charge in [-0.25, -0.2) is 4.79 Å². The molecular formula is C55H72N2O13. The molecule has 1 aromatic heterocycles. The quantitative estimate of drug-likeness (QED) is 0.0563. The number of nitrogens with one attached hydrogen (secondary N) is 1. The number of hydrogen-bond donors (Lipinski definition) is 6. The number of piperidine rings is 1. The highest BCUT2D eigenvalue weighted by Crippen LogP contribution is 2.59. The summed E-state index contributed by atoms with van der Waals surface area (Å²) in [5.74, 6) is -3.20. The Morgan fingerprint density at radius 1 is 1.06 bits per heavy atom. The predicted molar refractivity (Wildman–Crippen MR) is 260 cm³/mol. The van der Waals surface area contributed by atoms with E-state index < -0.39 is 60.5 Å². The van der Waals surface area contributed by atoms with Gasteiger partial charge in [-0.1, -0.05) is 31.8 Å². The van der Waals surface area contributed by atoms with Crippen LogP contribution in [0.2, 0.25) is 0 Å². The van der Waals surface area contributed by atoms with Crippen LogP contribution in [0.1, 0.15) is 118 Å². The third-order valence-corrected chi connectivity index (χ3v) is 16.6. The number of unbranched alkanes of at least 4 members (excludes halogenated alkanes) is 2. The zero-order chi connectivity index (χ0) is 49.3. The molecule has 9 rings (SSSR count). The van der Waals surface area contributed by atoms with Crippen molar-refractivity contribution in [1.29, 1.82) is 0 Å². The summed E-state index contributed by atoms with van der Waals surface area (Å²) in [7, 11) is 1.71. The van der Waals surface area contributed by atoms with E-state index in [1.54, 1.807) is 14.0 Å². The van der Waals surface area contributed by atoms with Gasteiger partial charge in [-0.15, -0.1) is 0 Å². The molecule has 3 aromatic rings. The molecule has 380 valence electrons. The molecule has 6 N–H and O–H groups in total. The van der Waals surface area contributed by atoms with Crippen LogP contribution >= 0.6 is 0 Å². The molecule has 0 unspecified atom stereocenters. The van der Waals surface area contributed by atoms with Gasteiger partial charge in [-0.3, -0.25) is 9.59 Å². The van der Waals surface area contributed by atoms with Crippen molar-refractivity contribution in [1.82, 2.24) is 9.88 Å². The van der Waals surface area contributed by atoms with Crippen molar-refractivity contribution in [2.75, 3.05) is 59.8 Å². The van der Waals surface area contributed by atoms with Crippen LogP contribution in [-0.2, 0) is 43.3 Å². The summed E-state index contributed by atoms with van der Waals surface area (Å²) >= 11 is 0. The zero-order valence-electron chi connectivity index (χ0n) is 41.0. The third-order valence-electron chi connectivity index (χ3n) is 16.6. The molecular weight excluding hydrogens is 897 g/mol. The molecule has 2 aliphatic carbocycles. The lowest BCUT2D eigenvalue weighted by atomic mass is 9.59. The van der Waals surface area contributed by atoms with E-state index in [9.17, 15) is 39.9 Å². The number of benzene rings is 2. The lowest BCUT2D eigenvalue weighted by Crippen LogP contribution is -2.62. The number of likely N-dealkylation sites (tertiary alicyclic amines) is 1. The highest BCUT2D eigenvalue weighted by atomic mass is 16.6. The van der Waals surface area contributed by atoms with E-state index in [0.29, 0.717) is 67.3 Å². The monoisotopic (exact) mass is 969 g/mol. The first-order chi connectivity index (χ1) is 34.0. The molecule has 4 aliphatic heterocycles. The maximum Gasteiger partial charge on any atom is 0.375 e. The molecule has 9 atom stereocenters. The van der Waals surface area contributed by atoms with Gasteiger partial charge in [0.25, 0.3) is 0 Å². The van der Waals surface area contributed by atoms with Crippen LogP contribution in [0.3, 0.4) is 0 Å². The van der Waals surface area contributed by atoms with E-state index in [2.05, 4.69) is 16.8 Å². The largest absolute Gasteiger partial charge is 0.492 e. The second kappa shape index (κ2) is 21.6. The average molecular weight is 969 g/mol. The van der Waals surface area contributed by atoms with E-state index in [4.69, 9.17) is 23.7 Å². The maximum atomic E-state index is 14.6. The fourth-order valence-electron chi connectivity index (χ4n) is 13.1. The van der Waals surface area contributed by atoms with Crippen molar-refractivity contribution >= 4 is 34.5 Å². The Labute approximate surface area is 410 Å². The molecule has 6 aliphatic rings. The van der Waals surface area contributed by atoms with Gasteiger partial charge in [0, 0.05) is 80.4 Å². The second-order valence-electron chi connectivity index (χ2n) is 20.8. The van der Waals surface area contributed by atoms with Crippen molar-refractivity contribution in [2.45, 2.75) is 128 Å². The van der Waals surface area contributed by atoms with E-state index in [1.165, 1.54) is 0 Å². The number of rotatable bonds is 16. The number of carbonyl (C=O) groups excluding carboxylic acids is 3. The van der Waals surface area contributed by atoms with Crippen molar-refractivity contribution in [3.63, 3.8) is 0 Å². The van der Waals surface area contributed by atoms with E-state index >= 15 is 0 Å². The van der Waals surface area contributed by atoms with Crippen LogP contribution in [0, 0.1) is 29.6 Å². The van der Waals surface area contributed by atoms with Crippen molar-refractivity contribution in [3.05, 3.63) is 69.1 Å². The number of hydrogen-bond acceptors (Lipinski definition) is 14. The fourth-order valence-corrected chi connectivity index (χ4v) is 13.1. The summed E-state index contributed by atoms with van der Waals surface area (Å²) in [5.41, 5.74) is 2.99. The molecule has 15 heteroatoms. The molecule has 15 nitrogen and oxygen atoms in total. The smallest absolute Gasteiger partial charge is 0.375 e. The number of nitrogens with zero attached hydrogens (tertiary/aromatic N) is 1. The summed E-state index contributed by atoms with van der Waals surface area (Å²) < 4.78 is 31.4. The minimum Gasteiger partial charge on any atom is -0.492 e. The Bertz CT molecular complexity index is 2490. The van der Waals surface area contributed by atoms with Gasteiger partial charge in [-0.05, 0) is 124 Å². The standard InChI is InChI=1S/C55H72N2O13/c1-4-6-7-9-45(62)35-19-36-25-57(15-8-17-66-3)16-13-43(36)55(65,24-35)46-23-40-50(69-46)42(29-61)52-48-47(41(28-60)53(70-52)54(64)67-5-2)34-18-37(27-59)49(63)39(21-34)38-20-33-12-14-56-44(33)22-32(38)11-10-31(26-58)30-68-51(40)48/h12,14,20,22,28,31,35-37,39,43,45-46,56,58-59,61-62,65H,4-11,13,15-19,21,23-27,29-30H2,1-3H3/t31-,35+,36+,37-,39-,43-,45+,46+,55-/m1/s1. The molecule has 70 heavy (non-hydrogen) atoms. The van der Waals surface area contributed by atoms with Crippen LogP contribution in [0.15, 0.2) is 41.3 Å². The molecule has 3 fully saturated rings. The summed E-state index contributed by atoms with van der Waals surface area (Å²) in [4.78, 5) is 48.0. The number of aryl methyl sites for hydroxylation is 1. The molecule has 2 aromatic carbocycles. The highest BCUT2D eigenvalue weighted by Gasteiger charge is 2.58. The number of aromatic amines is 1. The lowest BCUT2D eigenvalue weighted by Gasteiger charge is -2.54. The van der Waals surface area contributed by atoms with Crippen molar-refractivity contribution < 1.29 is 63.6 Å². The average Bonchev–Trinajstić information content (AvgIpc) is 4.03. The second-order valence-corrected chi connectivity index (χ2v) is 20.8. The van der Waals surface area contributed by atoms with Gasteiger partial charge in [0.2, 0.25) is 5.76 Å². The minimum absolute atomic E-state index is 0.0214. The number of ether oxygens (including phenoxy) is 5. The lowest BCUT2D eigenvalue weighted by molar-refractivity contribution is -0.175. The highest BCUT2D eigenvalue weighted by molar-refractivity contribution is 6.11. The molecule has 0 spiro atoms. The van der Waals surface area contributed by atoms with Crippen LogP contribution in [0.25, 0.3) is 16.5 Å². The summed E-state index contributed by atoms with van der Waals surface area (Å²) in [6.45, 7) is 5.54. The Kier molecular flexibility index (Phi) is 15.5. The van der Waals surface area contributed by atoms with E-state index in [-0.39, 0.29) is 91.0 Å². The molecule has 1 saturated heterocycles.